The Morgan fingerprint density at radius 2 is 2.06 bits per heavy atom. The lowest BCUT2D eigenvalue weighted by Crippen LogP contribution is -2.19. The molecule has 2 rings (SSSR count). The van der Waals surface area contributed by atoms with Crippen LogP contribution in [0.1, 0.15) is 56.6 Å². The number of Topliss-reactive ketones (excluding diaryl/α,β-unsaturated/α-hetero) is 1. The summed E-state index contributed by atoms with van der Waals surface area (Å²) in [6.07, 6.45) is 9.64. The number of aliphatic hydroxyl groups is 2. The van der Waals surface area contributed by atoms with Gasteiger partial charge in [0, 0.05) is 31.1 Å². The Morgan fingerprint density at radius 1 is 1.29 bits per heavy atom. The van der Waals surface area contributed by atoms with Crippen LogP contribution in [0.25, 0.3) is 0 Å². The van der Waals surface area contributed by atoms with Gasteiger partial charge in [-0.1, -0.05) is 49.8 Å². The molecule has 4 N–H and O–H groups in total. The number of carbonyl (C=O) groups is 2. The van der Waals surface area contributed by atoms with Crippen molar-refractivity contribution in [3.63, 3.8) is 0 Å². The summed E-state index contributed by atoms with van der Waals surface area (Å²) in [6.45, 7) is 2.04. The van der Waals surface area contributed by atoms with Crippen LogP contribution in [-0.2, 0) is 22.4 Å². The second-order valence-corrected chi connectivity index (χ2v) is 8.28. The molecule has 0 amide bonds. The van der Waals surface area contributed by atoms with Crippen molar-refractivity contribution in [2.45, 2.75) is 70.5 Å². The molecular weight excluding hydrogens is 396 g/mol. The van der Waals surface area contributed by atoms with E-state index in [4.69, 9.17) is 5.11 Å². The van der Waals surface area contributed by atoms with Gasteiger partial charge < -0.3 is 20.4 Å². The molecule has 0 spiro atoms. The third kappa shape index (κ3) is 7.96. The number of carboxylic acids is 1. The van der Waals surface area contributed by atoms with Crippen LogP contribution in [0.15, 0.2) is 42.5 Å². The Hall–Kier alpha value is -2.44. The van der Waals surface area contributed by atoms with Gasteiger partial charge >= 0.3 is 5.97 Å². The van der Waals surface area contributed by atoms with Crippen molar-refractivity contribution in [1.29, 1.82) is 0 Å². The Kier molecular flexibility index (Phi) is 9.95. The minimum absolute atomic E-state index is 0.00886. The van der Waals surface area contributed by atoms with Gasteiger partial charge in [-0.3, -0.25) is 9.59 Å². The number of aryl methyl sites for hydroxylation is 1. The van der Waals surface area contributed by atoms with Crippen LogP contribution in [0.2, 0.25) is 0 Å². The number of carboxylic acid groups (broad SMARTS) is 1. The van der Waals surface area contributed by atoms with Gasteiger partial charge in [-0.2, -0.15) is 0 Å². The minimum Gasteiger partial charge on any atom is -0.508 e. The predicted octanol–water partition coefficient (Wildman–Crippen LogP) is 3.57. The largest absolute Gasteiger partial charge is 0.508 e. The molecule has 170 valence electrons. The number of ketones is 1. The molecule has 1 aromatic rings. The standard InChI is InChI=1S/C25H34O6/c1-2-7-18-14-17(10-13-22(18)27)15-19(26)11-12-21-20(23(28)16-24(21)29)8-5-3-4-6-9-25(30)31/h3,5,10-14,19-21,24,26-27,29H,2,4,6-9,15-16H2,1H3,(H,30,31)/b5-3-,12-11+/t19?,20-,21-,24-/m1/s1. The summed E-state index contributed by atoms with van der Waals surface area (Å²) in [7, 11) is 0. The second kappa shape index (κ2) is 12.4. The number of hydrogen-bond donors (Lipinski definition) is 4. The number of hydrogen-bond acceptors (Lipinski definition) is 5. The Balaban J connectivity index is 1.93. The average molecular weight is 431 g/mol. The molecule has 1 saturated carbocycles. The van der Waals surface area contributed by atoms with Gasteiger partial charge in [0.05, 0.1) is 12.2 Å². The third-order valence-electron chi connectivity index (χ3n) is 5.71. The van der Waals surface area contributed by atoms with Gasteiger partial charge in [0.1, 0.15) is 11.5 Å². The number of unbranched alkanes of at least 4 members (excludes halogenated alkanes) is 1. The third-order valence-corrected chi connectivity index (χ3v) is 5.71. The van der Waals surface area contributed by atoms with Crippen LogP contribution in [-0.4, -0.2) is 44.4 Å². The van der Waals surface area contributed by atoms with Crippen molar-refractivity contribution in [3.8, 4) is 5.75 Å². The monoisotopic (exact) mass is 430 g/mol. The molecule has 0 aliphatic heterocycles. The summed E-state index contributed by atoms with van der Waals surface area (Å²) in [5.41, 5.74) is 1.78. The van der Waals surface area contributed by atoms with E-state index in [1.807, 2.05) is 25.1 Å². The number of rotatable bonds is 12. The summed E-state index contributed by atoms with van der Waals surface area (Å²) in [6, 6.07) is 5.34. The fraction of sp³-hybridized carbons (Fsp3) is 0.520. The number of phenols is 1. The quantitative estimate of drug-likeness (QED) is 0.298. The van der Waals surface area contributed by atoms with Gasteiger partial charge in [-0.15, -0.1) is 0 Å². The highest BCUT2D eigenvalue weighted by Crippen LogP contribution is 2.33. The van der Waals surface area contributed by atoms with Crippen LogP contribution in [0.4, 0.5) is 0 Å². The van der Waals surface area contributed by atoms with Crippen LogP contribution in [0, 0.1) is 11.8 Å². The predicted molar refractivity (Wildman–Crippen MR) is 119 cm³/mol. The van der Waals surface area contributed by atoms with E-state index in [9.17, 15) is 24.9 Å². The average Bonchev–Trinajstić information content (AvgIpc) is 2.98. The van der Waals surface area contributed by atoms with Crippen LogP contribution in [0.3, 0.4) is 0 Å². The van der Waals surface area contributed by atoms with Gasteiger partial charge in [0.2, 0.25) is 0 Å². The van der Waals surface area contributed by atoms with Crippen LogP contribution >= 0.6 is 0 Å². The van der Waals surface area contributed by atoms with Gasteiger partial charge in [0.15, 0.2) is 0 Å². The van der Waals surface area contributed by atoms with Gasteiger partial charge in [-0.05, 0) is 42.9 Å². The lowest BCUT2D eigenvalue weighted by molar-refractivity contribution is -0.137. The lowest BCUT2D eigenvalue weighted by atomic mass is 9.90. The summed E-state index contributed by atoms with van der Waals surface area (Å²) in [5.74, 6) is -1.22. The fourth-order valence-electron chi connectivity index (χ4n) is 4.06. The zero-order valence-corrected chi connectivity index (χ0v) is 18.1. The first-order chi connectivity index (χ1) is 14.8. The van der Waals surface area contributed by atoms with Crippen molar-refractivity contribution in [1.82, 2.24) is 0 Å². The van der Waals surface area contributed by atoms with Crippen molar-refractivity contribution < 1.29 is 30.0 Å². The summed E-state index contributed by atoms with van der Waals surface area (Å²) in [5, 5.41) is 39.3. The maximum absolute atomic E-state index is 12.3. The van der Waals surface area contributed by atoms with E-state index in [1.54, 1.807) is 24.3 Å². The minimum atomic E-state index is -0.819. The Bertz CT molecular complexity index is 797. The number of benzene rings is 1. The molecule has 1 aromatic carbocycles. The molecule has 1 aliphatic carbocycles. The molecular formula is C25H34O6. The first-order valence-corrected chi connectivity index (χ1v) is 11.1. The highest BCUT2D eigenvalue weighted by molar-refractivity contribution is 5.84. The first kappa shape index (κ1) is 24.8. The molecule has 0 saturated heterocycles. The Morgan fingerprint density at radius 3 is 2.77 bits per heavy atom. The Labute approximate surface area is 183 Å². The second-order valence-electron chi connectivity index (χ2n) is 8.28. The molecule has 0 radical (unpaired) electrons. The summed E-state index contributed by atoms with van der Waals surface area (Å²) >= 11 is 0. The summed E-state index contributed by atoms with van der Waals surface area (Å²) < 4.78 is 0. The molecule has 0 heterocycles. The van der Waals surface area contributed by atoms with Gasteiger partial charge in [0.25, 0.3) is 0 Å². The molecule has 1 unspecified atom stereocenters. The number of aliphatic hydroxyl groups excluding tert-OH is 2. The number of aliphatic carboxylic acids is 1. The number of phenolic OH excluding ortho intramolecular Hbond substituents is 1. The highest BCUT2D eigenvalue weighted by Gasteiger charge is 2.39. The van der Waals surface area contributed by atoms with E-state index in [1.165, 1.54) is 0 Å². The van der Waals surface area contributed by atoms with E-state index >= 15 is 0 Å². The van der Waals surface area contributed by atoms with E-state index in [-0.39, 0.29) is 36.2 Å². The lowest BCUT2D eigenvalue weighted by Gasteiger charge is -2.17. The van der Waals surface area contributed by atoms with Crippen molar-refractivity contribution in [2.24, 2.45) is 11.8 Å². The van der Waals surface area contributed by atoms with E-state index in [2.05, 4.69) is 0 Å². The molecule has 4 atom stereocenters. The molecule has 0 aromatic heterocycles. The van der Waals surface area contributed by atoms with Gasteiger partial charge in [-0.25, -0.2) is 0 Å². The molecule has 6 nitrogen and oxygen atoms in total. The molecule has 0 bridgehead atoms. The van der Waals surface area contributed by atoms with Crippen molar-refractivity contribution in [3.05, 3.63) is 53.6 Å². The van der Waals surface area contributed by atoms with Crippen molar-refractivity contribution >= 4 is 11.8 Å². The molecule has 1 fully saturated rings. The number of carbonyl (C=O) groups excluding carboxylic acids is 1. The van der Waals surface area contributed by atoms with E-state index in [0.29, 0.717) is 25.7 Å². The van der Waals surface area contributed by atoms with Crippen LogP contribution in [0.5, 0.6) is 5.75 Å². The maximum atomic E-state index is 12.3. The van der Waals surface area contributed by atoms with Crippen molar-refractivity contribution in [2.75, 3.05) is 0 Å². The first-order valence-electron chi connectivity index (χ1n) is 11.1. The molecule has 1 aliphatic rings. The maximum Gasteiger partial charge on any atom is 0.303 e. The zero-order valence-electron chi connectivity index (χ0n) is 18.1. The topological polar surface area (TPSA) is 115 Å². The normalized spacial score (nSPS) is 22.5. The molecule has 6 heteroatoms. The fourth-order valence-corrected chi connectivity index (χ4v) is 4.06. The smallest absolute Gasteiger partial charge is 0.303 e. The number of allylic oxidation sites excluding steroid dienone is 2. The summed E-state index contributed by atoms with van der Waals surface area (Å²) in [4.78, 5) is 22.8. The highest BCUT2D eigenvalue weighted by atomic mass is 16.4. The van der Waals surface area contributed by atoms with E-state index < -0.39 is 18.2 Å². The van der Waals surface area contributed by atoms with E-state index in [0.717, 1.165) is 24.0 Å². The van der Waals surface area contributed by atoms with Crippen LogP contribution < -0.4 is 0 Å². The zero-order chi connectivity index (χ0) is 22.8. The molecule has 31 heavy (non-hydrogen) atoms. The SMILES string of the molecule is CCCc1cc(CC(O)/C=C/[C@H]2[C@H](O)CC(=O)[C@@H]2C/C=C\CCCC(=O)O)ccc1O. The number of aromatic hydroxyl groups is 1.